The van der Waals surface area contributed by atoms with E-state index < -0.39 is 8.07 Å². The lowest BCUT2D eigenvalue weighted by Crippen LogP contribution is -2.47. The van der Waals surface area contributed by atoms with Gasteiger partial charge in [-0.25, -0.2) is 4.39 Å². The lowest BCUT2D eigenvalue weighted by Gasteiger charge is -2.23. The molecule has 0 atom stereocenters. The molecular weight excluding hydrogens is 555 g/mol. The SMILES string of the molecule is CCO/N=C(/C(C)=N/OCc1ccccc1/C(=N\OC)C(=O)NC)c1ccc(OC[Si](C)(C)c2ccc(F)cc2)cc1. The molecule has 0 aliphatic heterocycles. The Morgan fingerprint density at radius 2 is 1.60 bits per heavy atom. The molecule has 0 bridgehead atoms. The Hall–Kier alpha value is -4.51. The number of hydrogen-bond acceptors (Lipinski definition) is 8. The van der Waals surface area contributed by atoms with E-state index in [-0.39, 0.29) is 24.0 Å². The number of oxime groups is 3. The molecule has 0 unspecified atom stereocenters. The molecule has 0 heterocycles. The van der Waals surface area contributed by atoms with E-state index in [9.17, 15) is 9.18 Å². The molecule has 3 aromatic carbocycles. The summed E-state index contributed by atoms with van der Waals surface area (Å²) in [6.45, 7) is 8.45. The summed E-state index contributed by atoms with van der Waals surface area (Å²) in [5.74, 6) is 0.0819. The number of halogens is 1. The van der Waals surface area contributed by atoms with Gasteiger partial charge in [0.15, 0.2) is 5.71 Å². The summed E-state index contributed by atoms with van der Waals surface area (Å²) in [4.78, 5) is 28.2. The maximum Gasteiger partial charge on any atom is 0.273 e. The van der Waals surface area contributed by atoms with Crippen LogP contribution in [0.15, 0.2) is 88.3 Å². The first-order valence-corrected chi connectivity index (χ1v) is 16.7. The Labute approximate surface area is 247 Å². The molecule has 0 radical (unpaired) electrons. The van der Waals surface area contributed by atoms with Crippen molar-refractivity contribution in [1.82, 2.24) is 5.32 Å². The van der Waals surface area contributed by atoms with Gasteiger partial charge in [-0.15, -0.1) is 0 Å². The number of amides is 1. The highest BCUT2D eigenvalue weighted by Gasteiger charge is 2.25. The maximum atomic E-state index is 13.3. The van der Waals surface area contributed by atoms with Crippen molar-refractivity contribution in [1.29, 1.82) is 0 Å². The lowest BCUT2D eigenvalue weighted by atomic mass is 10.0. The van der Waals surface area contributed by atoms with Crippen LogP contribution in [0.4, 0.5) is 4.39 Å². The molecule has 0 saturated carbocycles. The van der Waals surface area contributed by atoms with Crippen molar-refractivity contribution < 1.29 is 28.4 Å². The number of nitrogens with zero attached hydrogens (tertiary/aromatic N) is 3. The highest BCUT2D eigenvalue weighted by molar-refractivity contribution is 6.89. The fourth-order valence-electron chi connectivity index (χ4n) is 3.96. The van der Waals surface area contributed by atoms with E-state index in [0.29, 0.717) is 41.1 Å². The Balaban J connectivity index is 1.73. The number of carbonyl (C=O) groups is 1. The summed E-state index contributed by atoms with van der Waals surface area (Å²) in [6.07, 6.45) is 0.546. The van der Waals surface area contributed by atoms with Crippen molar-refractivity contribution in [3.8, 4) is 5.75 Å². The van der Waals surface area contributed by atoms with Crippen LogP contribution in [-0.2, 0) is 25.9 Å². The molecule has 222 valence electrons. The van der Waals surface area contributed by atoms with E-state index in [1.807, 2.05) is 55.5 Å². The van der Waals surface area contributed by atoms with Crippen molar-refractivity contribution in [2.24, 2.45) is 15.5 Å². The van der Waals surface area contributed by atoms with Gasteiger partial charge < -0.3 is 24.6 Å². The number of nitrogens with one attached hydrogen (secondary N) is 1. The van der Waals surface area contributed by atoms with Crippen LogP contribution in [0.5, 0.6) is 5.75 Å². The smallest absolute Gasteiger partial charge is 0.273 e. The first-order valence-electron chi connectivity index (χ1n) is 13.5. The number of ether oxygens (including phenoxy) is 1. The molecule has 3 aromatic rings. The van der Waals surface area contributed by atoms with Crippen LogP contribution in [0.3, 0.4) is 0 Å². The number of benzene rings is 3. The second kappa shape index (κ2) is 15.5. The monoisotopic (exact) mass is 592 g/mol. The summed E-state index contributed by atoms with van der Waals surface area (Å²) in [5, 5.41) is 16.1. The topological polar surface area (TPSA) is 103 Å². The van der Waals surface area contributed by atoms with Gasteiger partial charge in [0, 0.05) is 23.7 Å². The van der Waals surface area contributed by atoms with Crippen molar-refractivity contribution >= 4 is 36.3 Å². The van der Waals surface area contributed by atoms with Gasteiger partial charge in [-0.3, -0.25) is 4.79 Å². The average Bonchev–Trinajstić information content (AvgIpc) is 3.00. The summed E-state index contributed by atoms with van der Waals surface area (Å²) >= 11 is 0. The zero-order valence-corrected chi connectivity index (χ0v) is 25.8. The third-order valence-corrected chi connectivity index (χ3v) is 9.06. The molecule has 11 heteroatoms. The zero-order valence-electron chi connectivity index (χ0n) is 24.8. The molecule has 0 aliphatic carbocycles. The highest BCUT2D eigenvalue weighted by atomic mass is 28.3. The Morgan fingerprint density at radius 1 is 0.905 bits per heavy atom. The van der Waals surface area contributed by atoms with Crippen LogP contribution in [0.25, 0.3) is 0 Å². The minimum atomic E-state index is -1.93. The largest absolute Gasteiger partial charge is 0.497 e. The van der Waals surface area contributed by atoms with Crippen molar-refractivity contribution in [3.05, 3.63) is 95.3 Å². The zero-order chi connectivity index (χ0) is 30.5. The van der Waals surface area contributed by atoms with Gasteiger partial charge in [0.1, 0.15) is 51.4 Å². The number of rotatable bonds is 14. The van der Waals surface area contributed by atoms with Crippen LogP contribution < -0.4 is 15.2 Å². The number of likely N-dealkylation sites (N-methyl/N-ethyl adjacent to an activating group) is 1. The molecule has 1 amide bonds. The van der Waals surface area contributed by atoms with E-state index in [1.54, 1.807) is 19.1 Å². The highest BCUT2D eigenvalue weighted by Crippen LogP contribution is 2.17. The summed E-state index contributed by atoms with van der Waals surface area (Å²) < 4.78 is 19.5. The van der Waals surface area contributed by atoms with Gasteiger partial charge in [-0.05, 0) is 50.2 Å². The predicted molar refractivity (Wildman–Crippen MR) is 166 cm³/mol. The van der Waals surface area contributed by atoms with E-state index in [1.165, 1.54) is 26.3 Å². The van der Waals surface area contributed by atoms with Gasteiger partial charge in [0.25, 0.3) is 5.91 Å². The molecule has 1 N–H and O–H groups in total. The molecule has 0 fully saturated rings. The fourth-order valence-corrected chi connectivity index (χ4v) is 5.72. The Morgan fingerprint density at radius 3 is 2.24 bits per heavy atom. The van der Waals surface area contributed by atoms with Gasteiger partial charge in [0.2, 0.25) is 0 Å². The second-order valence-electron chi connectivity index (χ2n) is 9.87. The second-order valence-corrected chi connectivity index (χ2v) is 14.5. The normalized spacial score (nSPS) is 12.5. The van der Waals surface area contributed by atoms with Crippen molar-refractivity contribution in [3.63, 3.8) is 0 Å². The van der Waals surface area contributed by atoms with E-state index in [2.05, 4.69) is 33.9 Å². The van der Waals surface area contributed by atoms with E-state index in [0.717, 1.165) is 10.8 Å². The van der Waals surface area contributed by atoms with Gasteiger partial charge in [0.05, 0.1) is 6.23 Å². The third-order valence-electron chi connectivity index (χ3n) is 6.30. The average molecular weight is 593 g/mol. The molecule has 0 aromatic heterocycles. The van der Waals surface area contributed by atoms with Crippen LogP contribution in [-0.4, -0.2) is 58.1 Å². The molecule has 42 heavy (non-hydrogen) atoms. The molecule has 0 saturated heterocycles. The van der Waals surface area contributed by atoms with E-state index in [4.69, 9.17) is 19.2 Å². The third kappa shape index (κ3) is 8.74. The summed E-state index contributed by atoms with van der Waals surface area (Å²) in [5.41, 5.74) is 3.16. The summed E-state index contributed by atoms with van der Waals surface area (Å²) in [6, 6.07) is 21.4. The van der Waals surface area contributed by atoms with Crippen LogP contribution in [0, 0.1) is 5.82 Å². The molecule has 9 nitrogen and oxygen atoms in total. The first kappa shape index (κ1) is 32.0. The van der Waals surface area contributed by atoms with Gasteiger partial charge in [-0.2, -0.15) is 0 Å². The molecule has 0 spiro atoms. The van der Waals surface area contributed by atoms with Crippen molar-refractivity contribution in [2.45, 2.75) is 33.5 Å². The standard InChI is InChI=1S/C31H37FN4O5Si/c1-7-40-36-29(22(2)34-41-20-24-10-8-9-11-28(24)30(35-38-4)31(37)33-3)23-12-16-26(17-13-23)39-21-42(5,6)27-18-14-25(32)15-19-27/h8-19H,7,20-21H2,1-6H3,(H,33,37)/b34-22+,35-30+,36-29-. The number of hydrogen-bond donors (Lipinski definition) is 1. The van der Waals surface area contributed by atoms with Gasteiger partial charge >= 0.3 is 0 Å². The fraction of sp³-hybridized carbons (Fsp3) is 0.290. The van der Waals surface area contributed by atoms with Crippen LogP contribution in [0.2, 0.25) is 13.1 Å². The van der Waals surface area contributed by atoms with Gasteiger partial charge in [-0.1, -0.05) is 70.1 Å². The molecule has 3 rings (SSSR count). The van der Waals surface area contributed by atoms with Crippen LogP contribution in [0.1, 0.15) is 30.5 Å². The van der Waals surface area contributed by atoms with Crippen LogP contribution >= 0.6 is 0 Å². The Kier molecular flexibility index (Phi) is 11.8. The lowest BCUT2D eigenvalue weighted by molar-refractivity contribution is -0.114. The first-order chi connectivity index (χ1) is 20.2. The van der Waals surface area contributed by atoms with Crippen molar-refractivity contribution in [2.75, 3.05) is 27.0 Å². The minimum absolute atomic E-state index is 0.0790. The molecule has 0 aliphatic rings. The maximum absolute atomic E-state index is 13.3. The number of carbonyl (C=O) groups excluding carboxylic acids is 1. The summed E-state index contributed by atoms with van der Waals surface area (Å²) in [7, 11) is 0.973. The predicted octanol–water partition coefficient (Wildman–Crippen LogP) is 4.79. The van der Waals surface area contributed by atoms with E-state index >= 15 is 0 Å². The minimum Gasteiger partial charge on any atom is -0.497 e. The molecular formula is C31H37FN4O5Si. The Bertz CT molecular complexity index is 1420. The quantitative estimate of drug-likeness (QED) is 0.165.